The number of halogens is 1. The van der Waals surface area contributed by atoms with E-state index < -0.39 is 15.9 Å². The first kappa shape index (κ1) is 21.9. The highest BCUT2D eigenvalue weighted by atomic mass is 35.5. The number of carbonyl (C=O) groups is 1. The molecule has 1 aromatic heterocycles. The molecule has 0 spiro atoms. The van der Waals surface area contributed by atoms with E-state index in [1.165, 1.54) is 33.4 Å². The van der Waals surface area contributed by atoms with Crippen molar-refractivity contribution in [3.05, 3.63) is 63.8 Å². The minimum absolute atomic E-state index is 0.0716. The lowest BCUT2D eigenvalue weighted by Crippen LogP contribution is -2.28. The Morgan fingerprint density at radius 2 is 1.77 bits per heavy atom. The molecule has 30 heavy (non-hydrogen) atoms. The van der Waals surface area contributed by atoms with E-state index in [2.05, 4.69) is 5.32 Å². The van der Waals surface area contributed by atoms with Gasteiger partial charge in [-0.05, 0) is 53.9 Å². The number of nitrogens with zero attached hydrogens (tertiary/aromatic N) is 1. The number of ether oxygens (including phenoxy) is 2. The summed E-state index contributed by atoms with van der Waals surface area (Å²) in [6.45, 7) is 0. The van der Waals surface area contributed by atoms with E-state index in [0.29, 0.717) is 27.9 Å². The summed E-state index contributed by atoms with van der Waals surface area (Å²) in [7, 11) is 0.488. The third-order valence-electron chi connectivity index (χ3n) is 4.32. The Morgan fingerprint density at radius 3 is 2.37 bits per heavy atom. The average Bonchev–Trinajstić information content (AvgIpc) is 3.24. The standard InChI is InChI=1S/C20H19ClN2O5S2/c1-23(14-5-7-15(27-2)8-6-14)30(25,26)18-10-11-29-19(18)20(24)22-13-4-9-17(28-3)16(21)12-13/h4-12H,1-3H3,(H,22,24). The molecule has 0 radical (unpaired) electrons. The zero-order chi connectivity index (χ0) is 21.9. The van der Waals surface area contributed by atoms with Gasteiger partial charge in [-0.2, -0.15) is 0 Å². The lowest BCUT2D eigenvalue weighted by Gasteiger charge is -2.20. The summed E-state index contributed by atoms with van der Waals surface area (Å²) in [5.74, 6) is 0.529. The van der Waals surface area contributed by atoms with Crippen LogP contribution < -0.4 is 19.1 Å². The van der Waals surface area contributed by atoms with Crippen molar-refractivity contribution in [3.8, 4) is 11.5 Å². The molecular weight excluding hydrogens is 448 g/mol. The number of nitrogens with one attached hydrogen (secondary N) is 1. The maximum atomic E-state index is 13.1. The number of methoxy groups -OCH3 is 2. The lowest BCUT2D eigenvalue weighted by atomic mass is 10.3. The summed E-state index contributed by atoms with van der Waals surface area (Å²) < 4.78 is 37.6. The Labute approximate surface area is 183 Å². The van der Waals surface area contributed by atoms with E-state index in [9.17, 15) is 13.2 Å². The van der Waals surface area contributed by atoms with Crippen LogP contribution in [0.3, 0.4) is 0 Å². The van der Waals surface area contributed by atoms with Gasteiger partial charge in [-0.3, -0.25) is 9.10 Å². The molecule has 0 aliphatic carbocycles. The largest absolute Gasteiger partial charge is 0.497 e. The van der Waals surface area contributed by atoms with Crippen LogP contribution in [-0.4, -0.2) is 35.6 Å². The van der Waals surface area contributed by atoms with Gasteiger partial charge in [-0.15, -0.1) is 11.3 Å². The normalized spacial score (nSPS) is 11.1. The number of hydrogen-bond donors (Lipinski definition) is 1. The molecule has 2 aromatic carbocycles. The van der Waals surface area contributed by atoms with E-state index in [1.807, 2.05) is 0 Å². The Morgan fingerprint density at radius 1 is 1.07 bits per heavy atom. The van der Waals surface area contributed by atoms with Crippen molar-refractivity contribution < 1.29 is 22.7 Å². The third-order valence-corrected chi connectivity index (χ3v) is 7.49. The molecule has 3 rings (SSSR count). The monoisotopic (exact) mass is 466 g/mol. The SMILES string of the molecule is COc1ccc(N(C)S(=O)(=O)c2ccsc2C(=O)Nc2ccc(OC)c(Cl)c2)cc1. The Hall–Kier alpha value is -2.75. The van der Waals surface area contributed by atoms with Crippen molar-refractivity contribution >= 4 is 50.2 Å². The van der Waals surface area contributed by atoms with E-state index in [-0.39, 0.29) is 9.77 Å². The summed E-state index contributed by atoms with van der Waals surface area (Å²) in [6.07, 6.45) is 0. The Bertz CT molecular complexity index is 1160. The summed E-state index contributed by atoms with van der Waals surface area (Å²) in [4.78, 5) is 12.8. The highest BCUT2D eigenvalue weighted by Gasteiger charge is 2.28. The first-order chi connectivity index (χ1) is 14.3. The molecule has 1 heterocycles. The Kier molecular flexibility index (Phi) is 6.55. The smallest absolute Gasteiger partial charge is 0.267 e. The second-order valence-corrected chi connectivity index (χ2v) is 9.35. The fourth-order valence-electron chi connectivity index (χ4n) is 2.68. The molecule has 0 bridgehead atoms. The molecular formula is C20H19ClN2O5S2. The number of hydrogen-bond acceptors (Lipinski definition) is 6. The van der Waals surface area contributed by atoms with Crippen molar-refractivity contribution in [3.63, 3.8) is 0 Å². The van der Waals surface area contributed by atoms with Gasteiger partial charge in [0.25, 0.3) is 15.9 Å². The number of amides is 1. The minimum Gasteiger partial charge on any atom is -0.497 e. The van der Waals surface area contributed by atoms with E-state index in [0.717, 1.165) is 15.6 Å². The molecule has 0 aliphatic heterocycles. The summed E-state index contributed by atoms with van der Waals surface area (Å²) in [6, 6.07) is 12.8. The molecule has 0 saturated heterocycles. The number of anilines is 2. The molecule has 158 valence electrons. The lowest BCUT2D eigenvalue weighted by molar-refractivity contribution is 0.102. The number of carbonyl (C=O) groups excluding carboxylic acids is 1. The molecule has 0 fully saturated rings. The summed E-state index contributed by atoms with van der Waals surface area (Å²) in [5.41, 5.74) is 0.862. The molecule has 1 N–H and O–H groups in total. The number of benzene rings is 2. The first-order valence-electron chi connectivity index (χ1n) is 8.63. The van der Waals surface area contributed by atoms with Crippen molar-refractivity contribution in [2.75, 3.05) is 30.9 Å². The van der Waals surface area contributed by atoms with E-state index in [4.69, 9.17) is 21.1 Å². The number of sulfonamides is 1. The average molecular weight is 467 g/mol. The van der Waals surface area contributed by atoms with Gasteiger partial charge in [0.05, 0.1) is 24.9 Å². The fourth-order valence-corrected chi connectivity index (χ4v) is 5.42. The van der Waals surface area contributed by atoms with Gasteiger partial charge in [0.1, 0.15) is 21.3 Å². The maximum absolute atomic E-state index is 13.1. The molecule has 0 aliphatic rings. The van der Waals surface area contributed by atoms with Crippen LogP contribution >= 0.6 is 22.9 Å². The quantitative estimate of drug-likeness (QED) is 0.554. The minimum atomic E-state index is -3.96. The van der Waals surface area contributed by atoms with Crippen molar-refractivity contribution in [1.82, 2.24) is 0 Å². The molecule has 7 nitrogen and oxygen atoms in total. The van der Waals surface area contributed by atoms with Crippen LogP contribution in [0.4, 0.5) is 11.4 Å². The van der Waals surface area contributed by atoms with Crippen molar-refractivity contribution in [2.24, 2.45) is 0 Å². The topological polar surface area (TPSA) is 84.9 Å². The van der Waals surface area contributed by atoms with E-state index in [1.54, 1.807) is 41.8 Å². The molecule has 0 unspecified atom stereocenters. The predicted octanol–water partition coefficient (Wildman–Crippen LogP) is 4.50. The highest BCUT2D eigenvalue weighted by molar-refractivity contribution is 7.93. The van der Waals surface area contributed by atoms with E-state index >= 15 is 0 Å². The second-order valence-electron chi connectivity index (χ2n) is 6.09. The van der Waals surface area contributed by atoms with Gasteiger partial charge < -0.3 is 14.8 Å². The predicted molar refractivity (Wildman–Crippen MR) is 119 cm³/mol. The van der Waals surface area contributed by atoms with Gasteiger partial charge in [0.15, 0.2) is 0 Å². The van der Waals surface area contributed by atoms with Crippen LogP contribution in [0.5, 0.6) is 11.5 Å². The van der Waals surface area contributed by atoms with Crippen LogP contribution in [0.2, 0.25) is 5.02 Å². The van der Waals surface area contributed by atoms with Crippen LogP contribution in [0.15, 0.2) is 58.8 Å². The maximum Gasteiger partial charge on any atom is 0.267 e. The van der Waals surface area contributed by atoms with Crippen LogP contribution in [0, 0.1) is 0 Å². The molecule has 10 heteroatoms. The van der Waals surface area contributed by atoms with Crippen LogP contribution in [0.25, 0.3) is 0 Å². The molecule has 1 amide bonds. The summed E-state index contributed by atoms with van der Waals surface area (Å²) in [5, 5.41) is 4.56. The zero-order valence-electron chi connectivity index (χ0n) is 16.4. The van der Waals surface area contributed by atoms with Crippen LogP contribution in [0.1, 0.15) is 9.67 Å². The zero-order valence-corrected chi connectivity index (χ0v) is 18.8. The molecule has 0 saturated carbocycles. The van der Waals surface area contributed by atoms with Crippen LogP contribution in [-0.2, 0) is 10.0 Å². The fraction of sp³-hybridized carbons (Fsp3) is 0.150. The van der Waals surface area contributed by atoms with Gasteiger partial charge in [-0.25, -0.2) is 8.42 Å². The number of rotatable bonds is 7. The van der Waals surface area contributed by atoms with Gasteiger partial charge >= 0.3 is 0 Å². The second kappa shape index (κ2) is 8.95. The number of thiophene rings is 1. The first-order valence-corrected chi connectivity index (χ1v) is 11.3. The molecule has 3 aromatic rings. The summed E-state index contributed by atoms with van der Waals surface area (Å²) >= 11 is 7.13. The highest BCUT2D eigenvalue weighted by Crippen LogP contribution is 2.31. The van der Waals surface area contributed by atoms with Gasteiger partial charge in [-0.1, -0.05) is 11.6 Å². The van der Waals surface area contributed by atoms with Gasteiger partial charge in [0, 0.05) is 12.7 Å². The third kappa shape index (κ3) is 4.38. The van der Waals surface area contributed by atoms with Crippen molar-refractivity contribution in [2.45, 2.75) is 4.90 Å². The Balaban J connectivity index is 1.87. The van der Waals surface area contributed by atoms with Gasteiger partial charge in [0.2, 0.25) is 0 Å². The molecule has 0 atom stereocenters. The van der Waals surface area contributed by atoms with Crippen molar-refractivity contribution in [1.29, 1.82) is 0 Å².